The molecule has 11 heteroatoms. The molecular weight excluding hydrogens is 538 g/mol. The quantitative estimate of drug-likeness (QED) is 0.130. The molecule has 1 saturated heterocycles. The van der Waals surface area contributed by atoms with Crippen molar-refractivity contribution in [2.24, 2.45) is 0 Å². The second-order valence-electron chi connectivity index (χ2n) is 9.62. The van der Waals surface area contributed by atoms with Gasteiger partial charge >= 0.3 is 0 Å². The minimum atomic E-state index is -1.30. The van der Waals surface area contributed by atoms with E-state index in [-0.39, 0.29) is 18.0 Å². The third kappa shape index (κ3) is 8.55. The van der Waals surface area contributed by atoms with Crippen molar-refractivity contribution in [3.63, 3.8) is 0 Å². The molecule has 0 saturated carbocycles. The van der Waals surface area contributed by atoms with Gasteiger partial charge in [-0.3, -0.25) is 19.6 Å². The number of amides is 3. The molecule has 1 aliphatic rings. The molecule has 0 spiro atoms. The summed E-state index contributed by atoms with van der Waals surface area (Å²) in [7, 11) is 0. The number of hydroxylamine groups is 1. The molecule has 0 radical (unpaired) electrons. The third-order valence-corrected chi connectivity index (χ3v) is 6.53. The van der Waals surface area contributed by atoms with Crippen LogP contribution in [0, 0.1) is 11.8 Å². The summed E-state index contributed by atoms with van der Waals surface area (Å²) >= 11 is 0. The molecule has 4 rings (SSSR count). The second kappa shape index (κ2) is 14.7. The van der Waals surface area contributed by atoms with Crippen molar-refractivity contribution in [3.8, 4) is 11.8 Å². The summed E-state index contributed by atoms with van der Waals surface area (Å²) in [5, 5.41) is 26.8. The van der Waals surface area contributed by atoms with Crippen LogP contribution in [0.2, 0.25) is 0 Å². The van der Waals surface area contributed by atoms with E-state index < -0.39 is 24.0 Å². The second-order valence-corrected chi connectivity index (χ2v) is 9.62. The first-order chi connectivity index (χ1) is 20.3. The number of carbonyl (C=O) groups is 3. The Bertz CT molecular complexity index is 1420. The number of nitrogens with zero attached hydrogens (tertiary/aromatic N) is 1. The van der Waals surface area contributed by atoms with Crippen LogP contribution in [0.15, 0.2) is 72.8 Å². The first kappa shape index (κ1) is 30.1. The first-order valence-corrected chi connectivity index (χ1v) is 13.4. The van der Waals surface area contributed by atoms with Crippen molar-refractivity contribution < 1.29 is 29.4 Å². The highest BCUT2D eigenvalue weighted by atomic mass is 16.5. The summed E-state index contributed by atoms with van der Waals surface area (Å²) in [6.07, 6.45) is -1.20. The number of rotatable bonds is 9. The van der Waals surface area contributed by atoms with E-state index in [1.165, 1.54) is 12.4 Å². The molecule has 3 aromatic rings. The Morgan fingerprint density at radius 3 is 2.02 bits per heavy atom. The van der Waals surface area contributed by atoms with Crippen LogP contribution in [-0.4, -0.2) is 73.0 Å². The Balaban J connectivity index is 1.25. The molecule has 42 heavy (non-hydrogen) atoms. The molecule has 218 valence electrons. The topological polar surface area (TPSA) is 152 Å². The van der Waals surface area contributed by atoms with E-state index >= 15 is 0 Å². The van der Waals surface area contributed by atoms with Gasteiger partial charge in [0.1, 0.15) is 6.04 Å². The van der Waals surface area contributed by atoms with Crippen LogP contribution in [0.5, 0.6) is 0 Å². The average molecular weight is 572 g/mol. The zero-order chi connectivity index (χ0) is 29.9. The zero-order valence-electron chi connectivity index (χ0n) is 23.1. The molecule has 6 N–H and O–H groups in total. The summed E-state index contributed by atoms with van der Waals surface area (Å²) < 4.78 is 5.39. The fourth-order valence-corrected chi connectivity index (χ4v) is 4.18. The van der Waals surface area contributed by atoms with Crippen LogP contribution < -0.4 is 26.3 Å². The minimum Gasteiger partial charge on any atom is -0.391 e. The lowest BCUT2D eigenvalue weighted by Crippen LogP contribution is -2.51. The molecule has 1 heterocycles. The maximum Gasteiger partial charge on any atom is 0.268 e. The van der Waals surface area contributed by atoms with Crippen LogP contribution in [-0.2, 0) is 14.3 Å². The summed E-state index contributed by atoms with van der Waals surface area (Å²) in [6, 6.07) is 20.2. The smallest absolute Gasteiger partial charge is 0.268 e. The monoisotopic (exact) mass is 571 g/mol. The van der Waals surface area contributed by atoms with Gasteiger partial charge in [-0.1, -0.05) is 11.8 Å². The van der Waals surface area contributed by atoms with Gasteiger partial charge in [-0.2, -0.15) is 0 Å². The van der Waals surface area contributed by atoms with E-state index in [0.29, 0.717) is 11.3 Å². The van der Waals surface area contributed by atoms with E-state index in [2.05, 4.69) is 32.7 Å². The molecule has 2 unspecified atom stereocenters. The standard InChI is InChI=1S/C31H33N5O6/c1-21(37)29(31(40)35-41)34-30(39)24-8-4-22(5-9-24)2-3-23-6-10-26(11-7-23)33-28(38)20-32-25-12-14-27(15-13-25)36-16-18-42-19-17-36/h4-15,21,29,32,37,41H,16-20H2,1H3,(H,33,38)(H,34,39)(H,35,40). The number of aliphatic hydroxyl groups excluding tert-OH is 1. The van der Waals surface area contributed by atoms with Gasteiger partial charge in [0.05, 0.1) is 25.9 Å². The van der Waals surface area contributed by atoms with Crippen molar-refractivity contribution >= 4 is 34.8 Å². The molecule has 11 nitrogen and oxygen atoms in total. The van der Waals surface area contributed by atoms with E-state index in [4.69, 9.17) is 9.94 Å². The lowest BCUT2D eigenvalue weighted by atomic mass is 10.1. The van der Waals surface area contributed by atoms with Gasteiger partial charge in [-0.05, 0) is 79.7 Å². The average Bonchev–Trinajstić information content (AvgIpc) is 3.02. The van der Waals surface area contributed by atoms with E-state index in [1.807, 2.05) is 24.3 Å². The molecule has 0 aromatic heterocycles. The van der Waals surface area contributed by atoms with Gasteiger partial charge in [-0.25, -0.2) is 5.48 Å². The summed E-state index contributed by atoms with van der Waals surface area (Å²) in [6.45, 7) is 4.65. The highest BCUT2D eigenvalue weighted by Gasteiger charge is 2.25. The third-order valence-electron chi connectivity index (χ3n) is 6.53. The Kier molecular flexibility index (Phi) is 10.5. The Morgan fingerprint density at radius 1 is 0.881 bits per heavy atom. The number of hydrogen-bond acceptors (Lipinski definition) is 8. The number of carbonyl (C=O) groups excluding carboxylic acids is 3. The summed E-state index contributed by atoms with van der Waals surface area (Å²) in [5.74, 6) is 4.37. The first-order valence-electron chi connectivity index (χ1n) is 13.4. The molecule has 1 fully saturated rings. The lowest BCUT2D eigenvalue weighted by Gasteiger charge is -2.28. The Hall–Kier alpha value is -4.89. The molecular formula is C31H33N5O6. The molecule has 3 amide bonds. The SMILES string of the molecule is CC(O)C(NC(=O)c1ccc(C#Cc2ccc(NC(=O)CNc3ccc(N4CCOCC4)cc3)cc2)cc1)C(=O)NO. The lowest BCUT2D eigenvalue weighted by molar-refractivity contribution is -0.133. The van der Waals surface area contributed by atoms with Crippen molar-refractivity contribution in [1.29, 1.82) is 0 Å². The summed E-state index contributed by atoms with van der Waals surface area (Å²) in [5.41, 5.74) is 5.72. The van der Waals surface area contributed by atoms with Crippen molar-refractivity contribution in [2.45, 2.75) is 19.1 Å². The van der Waals surface area contributed by atoms with Gasteiger partial charge in [0.15, 0.2) is 0 Å². The number of benzene rings is 3. The molecule has 1 aliphatic heterocycles. The van der Waals surface area contributed by atoms with E-state index in [0.717, 1.165) is 43.2 Å². The molecule has 0 aliphatic carbocycles. The van der Waals surface area contributed by atoms with E-state index in [9.17, 15) is 19.5 Å². The molecule has 2 atom stereocenters. The molecule has 0 bridgehead atoms. The minimum absolute atomic E-state index is 0.126. The summed E-state index contributed by atoms with van der Waals surface area (Å²) in [4.78, 5) is 38.7. The van der Waals surface area contributed by atoms with Crippen molar-refractivity contribution in [2.75, 3.05) is 48.4 Å². The highest BCUT2D eigenvalue weighted by Crippen LogP contribution is 2.19. The fraction of sp³-hybridized carbons (Fsp3) is 0.258. The van der Waals surface area contributed by atoms with Crippen LogP contribution in [0.4, 0.5) is 17.1 Å². The number of anilines is 3. The largest absolute Gasteiger partial charge is 0.391 e. The van der Waals surface area contributed by atoms with Gasteiger partial charge in [0.2, 0.25) is 5.91 Å². The highest BCUT2D eigenvalue weighted by molar-refractivity contribution is 5.97. The van der Waals surface area contributed by atoms with Gasteiger partial charge in [-0.15, -0.1) is 0 Å². The zero-order valence-corrected chi connectivity index (χ0v) is 23.1. The fourth-order valence-electron chi connectivity index (χ4n) is 4.18. The molecule has 3 aromatic carbocycles. The normalized spacial score (nSPS) is 14.0. The predicted octanol–water partition coefficient (Wildman–Crippen LogP) is 1.96. The number of nitrogens with one attached hydrogen (secondary N) is 4. The van der Waals surface area contributed by atoms with Crippen molar-refractivity contribution in [1.82, 2.24) is 10.8 Å². The van der Waals surface area contributed by atoms with Crippen LogP contribution in [0.3, 0.4) is 0 Å². The predicted molar refractivity (Wildman–Crippen MR) is 158 cm³/mol. The van der Waals surface area contributed by atoms with Gasteiger partial charge in [0.25, 0.3) is 11.8 Å². The number of ether oxygens (including phenoxy) is 1. The van der Waals surface area contributed by atoms with Crippen molar-refractivity contribution in [3.05, 3.63) is 89.5 Å². The maximum absolute atomic E-state index is 12.4. The van der Waals surface area contributed by atoms with E-state index in [1.54, 1.807) is 48.5 Å². The number of morpholine rings is 1. The number of aliphatic hydroxyl groups is 1. The van der Waals surface area contributed by atoms with Crippen LogP contribution in [0.1, 0.15) is 28.4 Å². The van der Waals surface area contributed by atoms with Crippen LogP contribution >= 0.6 is 0 Å². The van der Waals surface area contributed by atoms with Crippen LogP contribution in [0.25, 0.3) is 0 Å². The Labute approximate surface area is 243 Å². The Morgan fingerprint density at radius 2 is 1.45 bits per heavy atom. The maximum atomic E-state index is 12.4. The number of hydrogen-bond donors (Lipinski definition) is 6. The van der Waals surface area contributed by atoms with Gasteiger partial charge in [0, 0.05) is 46.8 Å². The van der Waals surface area contributed by atoms with Gasteiger partial charge < -0.3 is 30.7 Å².